The van der Waals surface area contributed by atoms with Gasteiger partial charge in [-0.2, -0.15) is 0 Å². The van der Waals surface area contributed by atoms with Crippen molar-refractivity contribution in [3.8, 4) is 5.75 Å². The summed E-state index contributed by atoms with van der Waals surface area (Å²) < 4.78 is 18.8. The number of fused-ring (bicyclic) bond motifs is 1. The van der Waals surface area contributed by atoms with Gasteiger partial charge in [0.2, 0.25) is 5.91 Å². The molecule has 3 N–H and O–H groups in total. The van der Waals surface area contributed by atoms with E-state index in [2.05, 4.69) is 5.32 Å². The zero-order valence-corrected chi connectivity index (χ0v) is 15.4. The van der Waals surface area contributed by atoms with Gasteiger partial charge < -0.3 is 15.8 Å². The molecule has 1 aliphatic rings. The lowest BCUT2D eigenvalue weighted by atomic mass is 9.87. The average molecular weight is 379 g/mol. The molecule has 1 aliphatic carbocycles. The molecule has 0 radical (unpaired) electrons. The van der Waals surface area contributed by atoms with Gasteiger partial charge in [0, 0.05) is 12.1 Å². The Morgan fingerprint density at radius 1 is 1.27 bits per heavy atom. The van der Waals surface area contributed by atoms with E-state index in [1.165, 1.54) is 11.6 Å². The molecule has 3 rings (SSSR count). The van der Waals surface area contributed by atoms with Crippen LogP contribution in [0, 0.1) is 5.82 Å². The first-order valence-electron chi connectivity index (χ1n) is 8.68. The van der Waals surface area contributed by atoms with Gasteiger partial charge >= 0.3 is 0 Å². The minimum Gasteiger partial charge on any atom is -0.491 e. The normalized spacial score (nSPS) is 15.5. The fourth-order valence-electron chi connectivity index (χ4n) is 3.23. The molecule has 1 atom stereocenters. The first-order valence-corrected chi connectivity index (χ1v) is 8.68. The maximum atomic E-state index is 13.4. The summed E-state index contributed by atoms with van der Waals surface area (Å²) >= 11 is 0. The number of aryl methyl sites for hydroxylation is 1. The van der Waals surface area contributed by atoms with Crippen molar-refractivity contribution < 1.29 is 13.9 Å². The van der Waals surface area contributed by atoms with Crippen molar-refractivity contribution in [1.82, 2.24) is 5.32 Å². The van der Waals surface area contributed by atoms with E-state index in [0.717, 1.165) is 30.5 Å². The van der Waals surface area contributed by atoms with Crippen LogP contribution in [0.3, 0.4) is 0 Å². The smallest absolute Gasteiger partial charge is 0.220 e. The van der Waals surface area contributed by atoms with Crippen molar-refractivity contribution in [2.75, 3.05) is 12.3 Å². The van der Waals surface area contributed by atoms with E-state index < -0.39 is 0 Å². The summed E-state index contributed by atoms with van der Waals surface area (Å²) in [7, 11) is 0. The first-order chi connectivity index (χ1) is 12.1. The fraction of sp³-hybridized carbons (Fsp3) is 0.350. The predicted octanol–water partition coefficient (Wildman–Crippen LogP) is 4.18. The number of anilines is 1. The van der Waals surface area contributed by atoms with Gasteiger partial charge in [-0.15, -0.1) is 12.4 Å². The zero-order chi connectivity index (χ0) is 17.6. The highest BCUT2D eigenvalue weighted by atomic mass is 35.5. The van der Waals surface area contributed by atoms with Crippen molar-refractivity contribution >= 4 is 24.0 Å². The highest BCUT2D eigenvalue weighted by Crippen LogP contribution is 2.31. The summed E-state index contributed by atoms with van der Waals surface area (Å²) in [5.41, 5.74) is 8.99. The van der Waals surface area contributed by atoms with Crippen LogP contribution in [0.2, 0.25) is 0 Å². The third-order valence-corrected chi connectivity index (χ3v) is 4.46. The highest BCUT2D eigenvalue weighted by molar-refractivity contribution is 5.85. The van der Waals surface area contributed by atoms with Crippen LogP contribution in [0.5, 0.6) is 5.75 Å². The number of para-hydroxylation sites is 1. The number of rotatable bonds is 6. The molecule has 6 heteroatoms. The number of amides is 1. The molecule has 0 bridgehead atoms. The maximum Gasteiger partial charge on any atom is 0.220 e. The van der Waals surface area contributed by atoms with Crippen LogP contribution < -0.4 is 15.8 Å². The Morgan fingerprint density at radius 3 is 2.88 bits per heavy atom. The van der Waals surface area contributed by atoms with E-state index in [0.29, 0.717) is 19.4 Å². The van der Waals surface area contributed by atoms with Gasteiger partial charge in [0.25, 0.3) is 0 Å². The van der Waals surface area contributed by atoms with Gasteiger partial charge in [0.05, 0.1) is 12.6 Å². The van der Waals surface area contributed by atoms with Crippen molar-refractivity contribution in [3.05, 3.63) is 59.4 Å². The fourth-order valence-corrected chi connectivity index (χ4v) is 3.23. The Labute approximate surface area is 159 Å². The second-order valence-electron chi connectivity index (χ2n) is 6.35. The SMILES string of the molecule is Cl.Nc1ccc2c(c1)CCCC2NC(=O)CCCOc1ccccc1F. The molecule has 0 heterocycles. The van der Waals surface area contributed by atoms with Gasteiger partial charge in [0.1, 0.15) is 0 Å². The predicted molar refractivity (Wildman–Crippen MR) is 103 cm³/mol. The number of hydrogen-bond acceptors (Lipinski definition) is 3. The molecule has 140 valence electrons. The van der Waals surface area contributed by atoms with Gasteiger partial charge in [0.15, 0.2) is 11.6 Å². The Kier molecular flexibility index (Phi) is 7.27. The number of halogens is 2. The molecule has 2 aromatic rings. The number of benzene rings is 2. The topological polar surface area (TPSA) is 64.3 Å². The van der Waals surface area contributed by atoms with Crippen LogP contribution in [0.4, 0.5) is 10.1 Å². The largest absolute Gasteiger partial charge is 0.491 e. The quantitative estimate of drug-likeness (QED) is 0.585. The molecule has 0 saturated heterocycles. The summed E-state index contributed by atoms with van der Waals surface area (Å²) in [5, 5.41) is 3.10. The van der Waals surface area contributed by atoms with E-state index in [4.69, 9.17) is 10.5 Å². The lowest BCUT2D eigenvalue weighted by molar-refractivity contribution is -0.122. The molecular formula is C20H24ClFN2O2. The Balaban J connectivity index is 0.00000243. The summed E-state index contributed by atoms with van der Waals surface area (Å²) in [6.45, 7) is 0.312. The molecule has 0 aliphatic heterocycles. The number of carbonyl (C=O) groups excluding carboxylic acids is 1. The number of ether oxygens (including phenoxy) is 1. The lowest BCUT2D eigenvalue weighted by Gasteiger charge is -2.26. The second-order valence-corrected chi connectivity index (χ2v) is 6.35. The molecule has 1 amide bonds. The monoisotopic (exact) mass is 378 g/mol. The molecule has 0 aromatic heterocycles. The van der Waals surface area contributed by atoms with Crippen LogP contribution in [0.25, 0.3) is 0 Å². The molecule has 26 heavy (non-hydrogen) atoms. The molecule has 1 unspecified atom stereocenters. The van der Waals surface area contributed by atoms with Crippen molar-refractivity contribution in [2.24, 2.45) is 0 Å². The van der Waals surface area contributed by atoms with E-state index in [-0.39, 0.29) is 35.9 Å². The van der Waals surface area contributed by atoms with Gasteiger partial charge in [-0.3, -0.25) is 4.79 Å². The number of carbonyl (C=O) groups is 1. The lowest BCUT2D eigenvalue weighted by Crippen LogP contribution is -2.31. The van der Waals surface area contributed by atoms with Crippen LogP contribution in [-0.4, -0.2) is 12.5 Å². The molecule has 2 aromatic carbocycles. The molecular weight excluding hydrogens is 355 g/mol. The van der Waals surface area contributed by atoms with Crippen LogP contribution in [-0.2, 0) is 11.2 Å². The first kappa shape index (κ1) is 20.0. The van der Waals surface area contributed by atoms with Crippen LogP contribution in [0.15, 0.2) is 42.5 Å². The maximum absolute atomic E-state index is 13.4. The van der Waals surface area contributed by atoms with Crippen molar-refractivity contribution in [3.63, 3.8) is 0 Å². The van der Waals surface area contributed by atoms with E-state index in [1.54, 1.807) is 18.2 Å². The molecule has 4 nitrogen and oxygen atoms in total. The van der Waals surface area contributed by atoms with Gasteiger partial charge in [-0.25, -0.2) is 4.39 Å². The molecule has 0 saturated carbocycles. The Morgan fingerprint density at radius 2 is 2.08 bits per heavy atom. The summed E-state index contributed by atoms with van der Waals surface area (Å²) in [4.78, 5) is 12.2. The summed E-state index contributed by atoms with van der Waals surface area (Å²) in [5.74, 6) is -0.168. The Hall–Kier alpha value is -2.27. The van der Waals surface area contributed by atoms with Gasteiger partial charge in [-0.05, 0) is 61.1 Å². The third kappa shape index (κ3) is 5.11. The number of nitrogens with two attached hydrogens (primary N) is 1. The molecule has 0 fully saturated rings. The highest BCUT2D eigenvalue weighted by Gasteiger charge is 2.21. The summed E-state index contributed by atoms with van der Waals surface area (Å²) in [6.07, 6.45) is 3.88. The second kappa shape index (κ2) is 9.43. The number of hydrogen-bond donors (Lipinski definition) is 2. The average Bonchev–Trinajstić information content (AvgIpc) is 2.60. The van der Waals surface area contributed by atoms with Crippen LogP contribution >= 0.6 is 12.4 Å². The van der Waals surface area contributed by atoms with Gasteiger partial charge in [-0.1, -0.05) is 18.2 Å². The number of nitrogens with one attached hydrogen (secondary N) is 1. The standard InChI is InChI=1S/C20H23FN2O2.ClH/c21-17-6-1-2-8-19(17)25-12-4-9-20(24)23-18-7-3-5-14-13-15(22)10-11-16(14)18;/h1-2,6,8,10-11,13,18H,3-5,7,9,12,22H2,(H,23,24);1H. The van der Waals surface area contributed by atoms with E-state index >= 15 is 0 Å². The third-order valence-electron chi connectivity index (χ3n) is 4.46. The van der Waals surface area contributed by atoms with Crippen molar-refractivity contribution in [2.45, 2.75) is 38.1 Å². The van der Waals surface area contributed by atoms with E-state index in [9.17, 15) is 9.18 Å². The zero-order valence-electron chi connectivity index (χ0n) is 14.5. The van der Waals surface area contributed by atoms with Crippen LogP contribution in [0.1, 0.15) is 42.9 Å². The minimum absolute atomic E-state index is 0. The number of nitrogen functional groups attached to an aromatic ring is 1. The van der Waals surface area contributed by atoms with E-state index in [1.807, 2.05) is 18.2 Å². The molecule has 0 spiro atoms. The summed E-state index contributed by atoms with van der Waals surface area (Å²) in [6, 6.07) is 12.2. The van der Waals surface area contributed by atoms with Crippen molar-refractivity contribution in [1.29, 1.82) is 0 Å². The Bertz CT molecular complexity index is 754. The minimum atomic E-state index is -0.384.